The molecule has 0 amide bonds. The number of aliphatic carboxylic acids is 1. The van der Waals surface area contributed by atoms with E-state index in [4.69, 9.17) is 9.53 Å². The molecular formula is C10H20O3Si. The van der Waals surface area contributed by atoms with Crippen LogP contribution in [-0.4, -0.2) is 26.0 Å². The summed E-state index contributed by atoms with van der Waals surface area (Å²) in [6, 6.07) is 0. The quantitative estimate of drug-likeness (QED) is 0.580. The van der Waals surface area contributed by atoms with E-state index >= 15 is 0 Å². The highest BCUT2D eigenvalue weighted by Crippen LogP contribution is 2.36. The molecule has 0 aromatic heterocycles. The van der Waals surface area contributed by atoms with E-state index in [0.29, 0.717) is 6.61 Å². The number of rotatable bonds is 4. The molecule has 3 nitrogen and oxygen atoms in total. The third-order valence-corrected chi connectivity index (χ3v) is 7.11. The van der Waals surface area contributed by atoms with Crippen molar-refractivity contribution in [3.05, 3.63) is 12.2 Å². The van der Waals surface area contributed by atoms with Crippen molar-refractivity contribution in [2.24, 2.45) is 0 Å². The molecule has 0 spiro atoms. The fraction of sp³-hybridized carbons (Fsp3) is 0.700. The van der Waals surface area contributed by atoms with E-state index in [9.17, 15) is 4.79 Å². The molecule has 0 saturated heterocycles. The minimum absolute atomic E-state index is 0.171. The Morgan fingerprint density at radius 1 is 1.43 bits per heavy atom. The van der Waals surface area contributed by atoms with Crippen molar-refractivity contribution < 1.29 is 14.3 Å². The maximum Gasteiger partial charge on any atom is 0.328 e. The van der Waals surface area contributed by atoms with E-state index in [0.717, 1.165) is 6.08 Å². The largest absolute Gasteiger partial charge is 0.478 e. The second-order valence-electron chi connectivity index (χ2n) is 4.81. The van der Waals surface area contributed by atoms with Gasteiger partial charge in [-0.25, -0.2) is 4.79 Å². The minimum Gasteiger partial charge on any atom is -0.478 e. The Morgan fingerprint density at radius 2 is 1.93 bits per heavy atom. The van der Waals surface area contributed by atoms with Gasteiger partial charge >= 0.3 is 5.97 Å². The monoisotopic (exact) mass is 216 g/mol. The van der Waals surface area contributed by atoms with Crippen LogP contribution in [0.15, 0.2) is 12.2 Å². The molecule has 0 rings (SSSR count). The summed E-state index contributed by atoms with van der Waals surface area (Å²) in [4.78, 5) is 10.2. The lowest BCUT2D eigenvalue weighted by Gasteiger charge is -2.35. The van der Waals surface area contributed by atoms with E-state index < -0.39 is 14.3 Å². The van der Waals surface area contributed by atoms with Crippen LogP contribution in [0.2, 0.25) is 18.1 Å². The van der Waals surface area contributed by atoms with E-state index in [2.05, 4.69) is 33.9 Å². The highest BCUT2D eigenvalue weighted by atomic mass is 28.4. The lowest BCUT2D eigenvalue weighted by atomic mass is 10.2. The molecule has 0 aliphatic rings. The Morgan fingerprint density at radius 3 is 2.29 bits per heavy atom. The Hall–Kier alpha value is -0.613. The number of hydrogen-bond acceptors (Lipinski definition) is 2. The third-order valence-electron chi connectivity index (χ3n) is 2.61. The average Bonchev–Trinajstić information content (AvgIpc) is 1.95. The molecular weight excluding hydrogens is 196 g/mol. The van der Waals surface area contributed by atoms with Gasteiger partial charge in [0.15, 0.2) is 8.32 Å². The van der Waals surface area contributed by atoms with Gasteiger partial charge in [-0.1, -0.05) is 26.8 Å². The first kappa shape index (κ1) is 13.4. The number of hydrogen-bond donors (Lipinski definition) is 1. The summed E-state index contributed by atoms with van der Waals surface area (Å²) in [6.45, 7) is 11.1. The molecule has 82 valence electrons. The van der Waals surface area contributed by atoms with Gasteiger partial charge in [-0.15, -0.1) is 0 Å². The maximum atomic E-state index is 10.2. The smallest absolute Gasteiger partial charge is 0.328 e. The van der Waals surface area contributed by atoms with Gasteiger partial charge < -0.3 is 9.53 Å². The van der Waals surface area contributed by atoms with Gasteiger partial charge in [0.1, 0.15) is 0 Å². The number of carbonyl (C=O) groups is 1. The summed E-state index contributed by atoms with van der Waals surface area (Å²) in [5.74, 6) is -0.927. The first-order chi connectivity index (χ1) is 6.17. The topological polar surface area (TPSA) is 46.5 Å². The van der Waals surface area contributed by atoms with Crippen molar-refractivity contribution in [3.63, 3.8) is 0 Å². The average molecular weight is 216 g/mol. The lowest BCUT2D eigenvalue weighted by Crippen LogP contribution is -2.40. The van der Waals surface area contributed by atoms with Crippen LogP contribution < -0.4 is 0 Å². The van der Waals surface area contributed by atoms with Crippen molar-refractivity contribution in [1.82, 2.24) is 0 Å². The van der Waals surface area contributed by atoms with Gasteiger partial charge in [0.25, 0.3) is 0 Å². The molecule has 0 bridgehead atoms. The predicted molar refractivity (Wildman–Crippen MR) is 59.9 cm³/mol. The second kappa shape index (κ2) is 4.75. The Bertz CT molecular complexity index is 226. The van der Waals surface area contributed by atoms with Crippen LogP contribution in [0.25, 0.3) is 0 Å². The zero-order valence-corrected chi connectivity index (χ0v) is 10.6. The highest BCUT2D eigenvalue weighted by molar-refractivity contribution is 6.74. The molecule has 0 saturated carbocycles. The highest BCUT2D eigenvalue weighted by Gasteiger charge is 2.36. The first-order valence-electron chi connectivity index (χ1n) is 4.70. The molecule has 14 heavy (non-hydrogen) atoms. The minimum atomic E-state index is -1.72. The van der Waals surface area contributed by atoms with Crippen LogP contribution in [0.1, 0.15) is 20.8 Å². The van der Waals surface area contributed by atoms with Crippen molar-refractivity contribution in [1.29, 1.82) is 0 Å². The van der Waals surface area contributed by atoms with Gasteiger partial charge in [-0.05, 0) is 18.1 Å². The van der Waals surface area contributed by atoms with Crippen LogP contribution >= 0.6 is 0 Å². The van der Waals surface area contributed by atoms with Crippen LogP contribution in [-0.2, 0) is 9.22 Å². The fourth-order valence-corrected chi connectivity index (χ4v) is 1.57. The standard InChI is InChI=1S/C10H20O3Si/c1-10(2,3)14(4,5)13-8-6-7-9(11)12/h6-7H,8H2,1-5H3,(H,11,12)/b7-6+. The van der Waals surface area contributed by atoms with Gasteiger partial charge in [0.05, 0.1) is 6.61 Å². The molecule has 0 aliphatic heterocycles. The van der Waals surface area contributed by atoms with Crippen molar-refractivity contribution in [2.45, 2.75) is 38.9 Å². The molecule has 0 aromatic rings. The Balaban J connectivity index is 4.07. The van der Waals surface area contributed by atoms with Crippen LogP contribution in [0.4, 0.5) is 0 Å². The summed E-state index contributed by atoms with van der Waals surface area (Å²) < 4.78 is 5.73. The van der Waals surface area contributed by atoms with Gasteiger partial charge in [0, 0.05) is 6.08 Å². The SMILES string of the molecule is CC(C)(C)[Si](C)(C)OC/C=C/C(=O)O. The zero-order chi connectivity index (χ0) is 11.4. The molecule has 1 N–H and O–H groups in total. The summed E-state index contributed by atoms with van der Waals surface area (Å²) in [5.41, 5.74) is 0. The molecule has 0 aliphatic carbocycles. The molecule has 0 atom stereocenters. The van der Waals surface area contributed by atoms with Crippen LogP contribution in [0.3, 0.4) is 0 Å². The molecule has 0 aromatic carbocycles. The van der Waals surface area contributed by atoms with E-state index in [-0.39, 0.29) is 5.04 Å². The van der Waals surface area contributed by atoms with E-state index in [1.807, 2.05) is 0 Å². The molecule has 0 fully saturated rings. The zero-order valence-electron chi connectivity index (χ0n) is 9.63. The van der Waals surface area contributed by atoms with Crippen molar-refractivity contribution >= 4 is 14.3 Å². The Labute approximate surface area is 86.9 Å². The summed E-state index contributed by atoms with van der Waals surface area (Å²) in [5, 5.41) is 8.54. The fourth-order valence-electron chi connectivity index (χ4n) is 0.622. The first-order valence-corrected chi connectivity index (χ1v) is 7.61. The van der Waals surface area contributed by atoms with Gasteiger partial charge in [0.2, 0.25) is 0 Å². The summed E-state index contributed by atoms with van der Waals surface area (Å²) >= 11 is 0. The second-order valence-corrected chi connectivity index (χ2v) is 9.62. The summed E-state index contributed by atoms with van der Waals surface area (Å²) in [7, 11) is -1.72. The van der Waals surface area contributed by atoms with E-state index in [1.165, 1.54) is 0 Å². The molecule has 0 unspecified atom stereocenters. The predicted octanol–water partition coefficient (Wildman–Crippen LogP) is 2.65. The lowest BCUT2D eigenvalue weighted by molar-refractivity contribution is -0.131. The molecule has 4 heteroatoms. The number of carboxylic acids is 1. The van der Waals surface area contributed by atoms with Gasteiger partial charge in [-0.3, -0.25) is 0 Å². The third kappa shape index (κ3) is 4.57. The normalized spacial score (nSPS) is 13.5. The maximum absolute atomic E-state index is 10.2. The number of carboxylic acid groups (broad SMARTS) is 1. The van der Waals surface area contributed by atoms with Crippen molar-refractivity contribution in [2.75, 3.05) is 6.61 Å². The van der Waals surface area contributed by atoms with Crippen LogP contribution in [0.5, 0.6) is 0 Å². The van der Waals surface area contributed by atoms with Gasteiger partial charge in [-0.2, -0.15) is 0 Å². The van der Waals surface area contributed by atoms with E-state index in [1.54, 1.807) is 6.08 Å². The van der Waals surface area contributed by atoms with Crippen LogP contribution in [0, 0.1) is 0 Å². The van der Waals surface area contributed by atoms with Crippen molar-refractivity contribution in [3.8, 4) is 0 Å². The molecule has 0 heterocycles. The molecule has 0 radical (unpaired) electrons. The summed E-state index contributed by atoms with van der Waals surface area (Å²) in [6.07, 6.45) is 2.66. The Kier molecular flexibility index (Phi) is 4.54.